The van der Waals surface area contributed by atoms with Crippen LogP contribution in [0.2, 0.25) is 0 Å². The maximum atomic E-state index is 11.3. The predicted octanol–water partition coefficient (Wildman–Crippen LogP) is 1.22. The number of rotatable bonds is 4. The van der Waals surface area contributed by atoms with Crippen molar-refractivity contribution in [2.24, 2.45) is 5.92 Å². The highest BCUT2D eigenvalue weighted by Crippen LogP contribution is 2.15. The number of ketones is 1. The summed E-state index contributed by atoms with van der Waals surface area (Å²) in [6.07, 6.45) is 2.66. The number of aliphatic carboxylic acids is 1. The molecule has 0 aromatic carbocycles. The highest BCUT2D eigenvalue weighted by molar-refractivity contribution is 5.86. The number of carbonyl (C=O) groups is 2. The molecule has 0 amide bonds. The fraction of sp³-hybridized carbons (Fsp3) is 0.600. The first kappa shape index (κ1) is 9.79. The molecule has 0 saturated carbocycles. The minimum absolute atomic E-state index is 0.0189. The van der Waals surface area contributed by atoms with Crippen molar-refractivity contribution in [3.63, 3.8) is 0 Å². The highest BCUT2D eigenvalue weighted by atomic mass is 16.4. The van der Waals surface area contributed by atoms with Crippen molar-refractivity contribution in [1.82, 2.24) is 0 Å². The van der Waals surface area contributed by atoms with Crippen molar-refractivity contribution in [3.8, 4) is 11.8 Å². The summed E-state index contributed by atoms with van der Waals surface area (Å²) < 4.78 is 0. The van der Waals surface area contributed by atoms with Crippen LogP contribution in [0, 0.1) is 17.8 Å². The molecule has 0 fully saturated rings. The van der Waals surface area contributed by atoms with Crippen molar-refractivity contribution in [3.05, 3.63) is 0 Å². The third-order valence-electron chi connectivity index (χ3n) is 2.04. The van der Waals surface area contributed by atoms with Gasteiger partial charge in [0, 0.05) is 12.8 Å². The van der Waals surface area contributed by atoms with Crippen LogP contribution < -0.4 is 0 Å². The normalized spacial score (nSPS) is 20.2. The molecule has 0 spiro atoms. The quantitative estimate of drug-likeness (QED) is 0.662. The van der Waals surface area contributed by atoms with Crippen molar-refractivity contribution >= 4 is 11.8 Å². The molecule has 13 heavy (non-hydrogen) atoms. The second-order valence-electron chi connectivity index (χ2n) is 3.13. The van der Waals surface area contributed by atoms with Crippen molar-refractivity contribution < 1.29 is 14.7 Å². The molecule has 0 heterocycles. The summed E-state index contributed by atoms with van der Waals surface area (Å²) in [5.41, 5.74) is 0. The topological polar surface area (TPSA) is 54.4 Å². The molecule has 1 aliphatic rings. The maximum Gasteiger partial charge on any atom is 0.303 e. The molecule has 0 radical (unpaired) electrons. The summed E-state index contributed by atoms with van der Waals surface area (Å²) in [7, 11) is 0. The van der Waals surface area contributed by atoms with Crippen LogP contribution in [0.4, 0.5) is 0 Å². The Balaban J connectivity index is 2.37. The molecule has 0 saturated heterocycles. The molecular weight excluding hydrogens is 168 g/mol. The van der Waals surface area contributed by atoms with E-state index in [0.29, 0.717) is 0 Å². The van der Waals surface area contributed by atoms with Gasteiger partial charge in [0.1, 0.15) is 5.78 Å². The average Bonchev–Trinajstić information content (AvgIpc) is 2.15. The molecule has 70 valence electrons. The average molecular weight is 180 g/mol. The lowest BCUT2D eigenvalue weighted by molar-refractivity contribution is -0.138. The van der Waals surface area contributed by atoms with Gasteiger partial charge < -0.3 is 5.11 Å². The van der Waals surface area contributed by atoms with Gasteiger partial charge in [-0.3, -0.25) is 9.59 Å². The van der Waals surface area contributed by atoms with E-state index in [-0.39, 0.29) is 24.5 Å². The fourth-order valence-corrected chi connectivity index (χ4v) is 1.31. The summed E-state index contributed by atoms with van der Waals surface area (Å²) in [6.45, 7) is 0. The van der Waals surface area contributed by atoms with Crippen molar-refractivity contribution in [1.29, 1.82) is 0 Å². The molecule has 3 heteroatoms. The van der Waals surface area contributed by atoms with E-state index in [1.54, 1.807) is 0 Å². The summed E-state index contributed by atoms with van der Waals surface area (Å²) in [6, 6.07) is 0. The fourth-order valence-electron chi connectivity index (χ4n) is 1.31. The first-order valence-corrected chi connectivity index (χ1v) is 4.43. The minimum atomic E-state index is -0.919. The molecular formula is C10H12O3. The van der Waals surface area contributed by atoms with E-state index in [0.717, 1.165) is 19.3 Å². The van der Waals surface area contributed by atoms with E-state index in [4.69, 9.17) is 5.11 Å². The number of hydrogen-bond donors (Lipinski definition) is 1. The maximum absolute atomic E-state index is 11.3. The van der Waals surface area contributed by atoms with Crippen LogP contribution >= 0.6 is 0 Å². The van der Waals surface area contributed by atoms with Crippen molar-refractivity contribution in [2.75, 3.05) is 0 Å². The lowest BCUT2D eigenvalue weighted by Gasteiger charge is -2.10. The van der Waals surface area contributed by atoms with Crippen LogP contribution in [0.25, 0.3) is 0 Å². The Morgan fingerprint density at radius 2 is 2.15 bits per heavy atom. The second kappa shape index (κ2) is 4.66. The van der Waals surface area contributed by atoms with Gasteiger partial charge in [-0.1, -0.05) is 5.92 Å². The third-order valence-corrected chi connectivity index (χ3v) is 2.04. The first-order valence-electron chi connectivity index (χ1n) is 4.43. The standard InChI is InChI=1S/C10H12O3/c11-9(6-7-10(12)13)8-4-2-1-3-5-8/h8H,1-2,4,6-7H2,(H,12,13). The Kier molecular flexibility index (Phi) is 3.51. The van der Waals surface area contributed by atoms with Crippen LogP contribution in [0.15, 0.2) is 0 Å². The SMILES string of the molecule is O=C(O)CCC(=O)C1C#CCCC1. The zero-order valence-corrected chi connectivity index (χ0v) is 7.38. The third kappa shape index (κ3) is 3.29. The van der Waals surface area contributed by atoms with Crippen LogP contribution in [0.1, 0.15) is 32.1 Å². The molecule has 1 atom stereocenters. The zero-order chi connectivity index (χ0) is 9.68. The largest absolute Gasteiger partial charge is 0.481 e. The van der Waals surface area contributed by atoms with Gasteiger partial charge in [-0.15, -0.1) is 5.92 Å². The lowest BCUT2D eigenvalue weighted by atomic mass is 9.92. The Morgan fingerprint density at radius 1 is 1.38 bits per heavy atom. The number of carbonyl (C=O) groups excluding carboxylic acids is 1. The van der Waals surface area contributed by atoms with Crippen LogP contribution in [0.5, 0.6) is 0 Å². The minimum Gasteiger partial charge on any atom is -0.481 e. The molecule has 1 rings (SSSR count). The summed E-state index contributed by atoms with van der Waals surface area (Å²) >= 11 is 0. The van der Waals surface area contributed by atoms with Gasteiger partial charge in [0.15, 0.2) is 0 Å². The molecule has 0 bridgehead atoms. The zero-order valence-electron chi connectivity index (χ0n) is 7.38. The first-order chi connectivity index (χ1) is 6.20. The predicted molar refractivity (Wildman–Crippen MR) is 47.0 cm³/mol. The molecule has 1 unspecified atom stereocenters. The molecule has 0 aromatic heterocycles. The highest BCUT2D eigenvalue weighted by Gasteiger charge is 2.17. The van der Waals surface area contributed by atoms with Gasteiger partial charge in [-0.25, -0.2) is 0 Å². The van der Waals surface area contributed by atoms with Gasteiger partial charge in [0.25, 0.3) is 0 Å². The second-order valence-corrected chi connectivity index (χ2v) is 3.13. The summed E-state index contributed by atoms with van der Waals surface area (Å²) in [4.78, 5) is 21.5. The Bertz CT molecular complexity index is 270. The number of carboxylic acid groups (broad SMARTS) is 1. The number of carboxylic acids is 1. The van der Waals surface area contributed by atoms with E-state index < -0.39 is 5.97 Å². The Morgan fingerprint density at radius 3 is 2.69 bits per heavy atom. The van der Waals surface area contributed by atoms with Crippen molar-refractivity contribution in [2.45, 2.75) is 32.1 Å². The summed E-state index contributed by atoms with van der Waals surface area (Å²) in [5.74, 6) is 4.60. The van der Waals surface area contributed by atoms with Gasteiger partial charge in [0.2, 0.25) is 0 Å². The Labute approximate surface area is 77.1 Å². The lowest BCUT2D eigenvalue weighted by Crippen LogP contribution is -2.15. The molecule has 3 nitrogen and oxygen atoms in total. The Hall–Kier alpha value is -1.30. The van der Waals surface area contributed by atoms with E-state index in [1.165, 1.54) is 0 Å². The molecule has 1 aliphatic carbocycles. The smallest absolute Gasteiger partial charge is 0.303 e. The van der Waals surface area contributed by atoms with Gasteiger partial charge in [-0.2, -0.15) is 0 Å². The summed E-state index contributed by atoms with van der Waals surface area (Å²) in [5, 5.41) is 8.37. The van der Waals surface area contributed by atoms with Crippen LogP contribution in [-0.2, 0) is 9.59 Å². The molecule has 1 N–H and O–H groups in total. The van der Waals surface area contributed by atoms with Gasteiger partial charge in [-0.05, 0) is 12.8 Å². The van der Waals surface area contributed by atoms with E-state index in [1.807, 2.05) is 0 Å². The van der Waals surface area contributed by atoms with Crippen LogP contribution in [-0.4, -0.2) is 16.9 Å². The van der Waals surface area contributed by atoms with E-state index in [2.05, 4.69) is 11.8 Å². The van der Waals surface area contributed by atoms with E-state index >= 15 is 0 Å². The molecule has 0 aliphatic heterocycles. The van der Waals surface area contributed by atoms with Crippen LogP contribution in [0.3, 0.4) is 0 Å². The van der Waals surface area contributed by atoms with E-state index in [9.17, 15) is 9.59 Å². The number of hydrogen-bond acceptors (Lipinski definition) is 2. The molecule has 0 aromatic rings. The van der Waals surface area contributed by atoms with Gasteiger partial charge >= 0.3 is 5.97 Å². The monoisotopic (exact) mass is 180 g/mol. The van der Waals surface area contributed by atoms with Gasteiger partial charge in [0.05, 0.1) is 12.3 Å². The number of Topliss-reactive ketones (excluding diaryl/α,β-unsaturated/α-hetero) is 1.